The molecule has 1 aromatic carbocycles. The molecule has 4 nitrogen and oxygen atoms in total. The van der Waals surface area contributed by atoms with E-state index in [1.807, 2.05) is 31.2 Å². The second-order valence-electron chi connectivity index (χ2n) is 4.70. The van der Waals surface area contributed by atoms with E-state index in [4.69, 9.17) is 4.74 Å². The van der Waals surface area contributed by atoms with Gasteiger partial charge in [-0.2, -0.15) is 0 Å². The molecule has 0 aliphatic heterocycles. The number of methoxy groups -OCH3 is 1. The van der Waals surface area contributed by atoms with Crippen molar-refractivity contribution >= 4 is 5.97 Å². The molecule has 1 rings (SSSR count). The van der Waals surface area contributed by atoms with Gasteiger partial charge in [-0.25, -0.2) is 0 Å². The number of rotatable bonds is 8. The molecule has 1 unspecified atom stereocenters. The zero-order chi connectivity index (χ0) is 14.3. The van der Waals surface area contributed by atoms with E-state index in [1.54, 1.807) is 7.11 Å². The molecular formula is C15H23NO3. The number of carboxylic acids is 1. The van der Waals surface area contributed by atoms with Crippen molar-refractivity contribution < 1.29 is 14.6 Å². The van der Waals surface area contributed by atoms with Crippen molar-refractivity contribution in [2.45, 2.75) is 45.2 Å². The molecule has 2 N–H and O–H groups in total. The summed E-state index contributed by atoms with van der Waals surface area (Å²) in [5, 5.41) is 12.4. The van der Waals surface area contributed by atoms with Crippen LogP contribution in [0.5, 0.6) is 5.75 Å². The summed E-state index contributed by atoms with van der Waals surface area (Å²) in [6, 6.07) is 7.17. The van der Waals surface area contributed by atoms with Crippen LogP contribution in [0.1, 0.15) is 44.7 Å². The van der Waals surface area contributed by atoms with Crippen LogP contribution in [0.3, 0.4) is 0 Å². The van der Waals surface area contributed by atoms with E-state index in [0.29, 0.717) is 6.42 Å². The number of hydrogen-bond donors (Lipinski definition) is 2. The van der Waals surface area contributed by atoms with Crippen LogP contribution in [0.15, 0.2) is 24.3 Å². The Morgan fingerprint density at radius 2 is 2.21 bits per heavy atom. The van der Waals surface area contributed by atoms with Crippen molar-refractivity contribution in [1.29, 1.82) is 0 Å². The van der Waals surface area contributed by atoms with E-state index in [0.717, 1.165) is 24.2 Å². The molecule has 0 bridgehead atoms. The minimum Gasteiger partial charge on any atom is -0.497 e. The fraction of sp³-hybridized carbons (Fsp3) is 0.533. The van der Waals surface area contributed by atoms with E-state index in [-0.39, 0.29) is 6.04 Å². The molecule has 0 spiro atoms. The predicted octanol–water partition coefficient (Wildman–Crippen LogP) is 2.99. The quantitative estimate of drug-likeness (QED) is 0.758. The third-order valence-corrected chi connectivity index (χ3v) is 3.19. The first kappa shape index (κ1) is 15.5. The Morgan fingerprint density at radius 1 is 1.47 bits per heavy atom. The molecule has 0 saturated heterocycles. The number of aliphatic carboxylic acids is 1. The summed E-state index contributed by atoms with van der Waals surface area (Å²) < 4.78 is 5.18. The van der Waals surface area contributed by atoms with Gasteiger partial charge in [0, 0.05) is 6.04 Å². The molecule has 0 aliphatic carbocycles. The van der Waals surface area contributed by atoms with E-state index in [9.17, 15) is 9.90 Å². The maximum absolute atomic E-state index is 11.2. The molecular weight excluding hydrogens is 242 g/mol. The summed E-state index contributed by atoms with van der Waals surface area (Å²) in [7, 11) is 1.62. The van der Waals surface area contributed by atoms with Crippen molar-refractivity contribution in [1.82, 2.24) is 5.32 Å². The maximum atomic E-state index is 11.2. The number of benzene rings is 1. The largest absolute Gasteiger partial charge is 0.497 e. The van der Waals surface area contributed by atoms with E-state index < -0.39 is 12.0 Å². The fourth-order valence-electron chi connectivity index (χ4n) is 2.00. The van der Waals surface area contributed by atoms with Crippen LogP contribution >= 0.6 is 0 Å². The van der Waals surface area contributed by atoms with Crippen molar-refractivity contribution in [3.63, 3.8) is 0 Å². The first-order chi connectivity index (χ1) is 9.08. The van der Waals surface area contributed by atoms with Gasteiger partial charge < -0.3 is 9.84 Å². The molecule has 0 fully saturated rings. The lowest BCUT2D eigenvalue weighted by Crippen LogP contribution is -2.38. The SMILES string of the molecule is CCCCC(N[C@H](C)c1cccc(OC)c1)C(=O)O. The molecule has 0 radical (unpaired) electrons. The van der Waals surface area contributed by atoms with E-state index in [2.05, 4.69) is 12.2 Å². The Kier molecular flexibility index (Phi) is 6.36. The van der Waals surface area contributed by atoms with Crippen LogP contribution in [0, 0.1) is 0 Å². The lowest BCUT2D eigenvalue weighted by Gasteiger charge is -2.20. The smallest absolute Gasteiger partial charge is 0.320 e. The number of hydrogen-bond acceptors (Lipinski definition) is 3. The summed E-state index contributed by atoms with van der Waals surface area (Å²) in [6.45, 7) is 4.03. The van der Waals surface area contributed by atoms with Gasteiger partial charge in [0.05, 0.1) is 7.11 Å². The first-order valence-corrected chi connectivity index (χ1v) is 6.71. The molecule has 1 aromatic rings. The summed E-state index contributed by atoms with van der Waals surface area (Å²) in [4.78, 5) is 11.2. The van der Waals surface area contributed by atoms with Crippen LogP contribution in [0.4, 0.5) is 0 Å². The molecule has 19 heavy (non-hydrogen) atoms. The van der Waals surface area contributed by atoms with E-state index in [1.165, 1.54) is 0 Å². The van der Waals surface area contributed by atoms with Gasteiger partial charge in [-0.05, 0) is 31.0 Å². The Labute approximate surface area is 114 Å². The minimum absolute atomic E-state index is 0.0203. The Balaban J connectivity index is 2.69. The monoisotopic (exact) mass is 265 g/mol. The fourth-order valence-corrected chi connectivity index (χ4v) is 2.00. The molecule has 106 valence electrons. The van der Waals surface area contributed by atoms with Gasteiger partial charge in [0.1, 0.15) is 11.8 Å². The van der Waals surface area contributed by atoms with E-state index >= 15 is 0 Å². The average molecular weight is 265 g/mol. The highest BCUT2D eigenvalue weighted by atomic mass is 16.5. The summed E-state index contributed by atoms with van der Waals surface area (Å²) >= 11 is 0. The number of carbonyl (C=O) groups is 1. The van der Waals surface area contributed by atoms with Crippen LogP contribution in [-0.4, -0.2) is 24.2 Å². The minimum atomic E-state index is -0.789. The number of unbranched alkanes of at least 4 members (excludes halogenated alkanes) is 1. The Morgan fingerprint density at radius 3 is 2.79 bits per heavy atom. The van der Waals surface area contributed by atoms with Gasteiger partial charge in [0.2, 0.25) is 0 Å². The van der Waals surface area contributed by atoms with Crippen molar-refractivity contribution in [2.24, 2.45) is 0 Å². The standard InChI is InChI=1S/C15H23NO3/c1-4-5-9-14(15(17)18)16-11(2)12-7-6-8-13(10-12)19-3/h6-8,10-11,14,16H,4-5,9H2,1-3H3,(H,17,18)/t11-,14?/m1/s1. The lowest BCUT2D eigenvalue weighted by atomic mass is 10.0. The van der Waals surface area contributed by atoms with Gasteiger partial charge >= 0.3 is 5.97 Å². The summed E-state index contributed by atoms with van der Waals surface area (Å²) in [5.74, 6) is -0.00483. The molecule has 4 heteroatoms. The number of ether oxygens (including phenoxy) is 1. The molecule has 0 heterocycles. The molecule has 0 aliphatic rings. The highest BCUT2D eigenvalue weighted by Gasteiger charge is 2.19. The van der Waals surface area contributed by atoms with Crippen LogP contribution < -0.4 is 10.1 Å². The second-order valence-corrected chi connectivity index (χ2v) is 4.70. The Hall–Kier alpha value is -1.55. The van der Waals surface area contributed by atoms with Gasteiger partial charge in [-0.15, -0.1) is 0 Å². The third kappa shape index (κ3) is 4.91. The van der Waals surface area contributed by atoms with Gasteiger partial charge in [0.25, 0.3) is 0 Å². The summed E-state index contributed by atoms with van der Waals surface area (Å²) in [6.07, 6.45) is 2.56. The molecule has 0 amide bonds. The number of nitrogens with one attached hydrogen (secondary N) is 1. The summed E-state index contributed by atoms with van der Waals surface area (Å²) in [5.41, 5.74) is 1.03. The van der Waals surface area contributed by atoms with Gasteiger partial charge in [-0.1, -0.05) is 31.9 Å². The second kappa shape index (κ2) is 7.79. The van der Waals surface area contributed by atoms with Crippen molar-refractivity contribution in [2.75, 3.05) is 7.11 Å². The van der Waals surface area contributed by atoms with Crippen LogP contribution in [-0.2, 0) is 4.79 Å². The van der Waals surface area contributed by atoms with Gasteiger partial charge in [0.15, 0.2) is 0 Å². The van der Waals surface area contributed by atoms with Crippen LogP contribution in [0.2, 0.25) is 0 Å². The van der Waals surface area contributed by atoms with Crippen molar-refractivity contribution in [3.8, 4) is 5.75 Å². The lowest BCUT2D eigenvalue weighted by molar-refractivity contribution is -0.139. The first-order valence-electron chi connectivity index (χ1n) is 6.71. The maximum Gasteiger partial charge on any atom is 0.320 e. The Bertz CT molecular complexity index is 406. The number of carboxylic acid groups (broad SMARTS) is 1. The molecule has 2 atom stereocenters. The topological polar surface area (TPSA) is 58.6 Å². The average Bonchev–Trinajstić information content (AvgIpc) is 2.42. The van der Waals surface area contributed by atoms with Crippen LogP contribution in [0.25, 0.3) is 0 Å². The molecule has 0 saturated carbocycles. The van der Waals surface area contributed by atoms with Gasteiger partial charge in [-0.3, -0.25) is 10.1 Å². The highest BCUT2D eigenvalue weighted by molar-refractivity contribution is 5.73. The third-order valence-electron chi connectivity index (χ3n) is 3.19. The van der Waals surface area contributed by atoms with Crippen molar-refractivity contribution in [3.05, 3.63) is 29.8 Å². The molecule has 0 aromatic heterocycles. The highest BCUT2D eigenvalue weighted by Crippen LogP contribution is 2.19. The zero-order valence-corrected chi connectivity index (χ0v) is 11.8. The normalized spacial score (nSPS) is 13.8. The zero-order valence-electron chi connectivity index (χ0n) is 11.8. The predicted molar refractivity (Wildman–Crippen MR) is 75.5 cm³/mol.